The van der Waals surface area contributed by atoms with Crippen LogP contribution in [-0.4, -0.2) is 38.6 Å². The average Bonchev–Trinajstić information content (AvgIpc) is 3.18. The van der Waals surface area contributed by atoms with Crippen LogP contribution in [0, 0.1) is 6.92 Å². The normalized spacial score (nSPS) is 13.1. The topological polar surface area (TPSA) is 94.2 Å². The Morgan fingerprint density at radius 2 is 1.64 bits per heavy atom. The van der Waals surface area contributed by atoms with Crippen LogP contribution in [-0.2, 0) is 14.3 Å². The van der Waals surface area contributed by atoms with Crippen molar-refractivity contribution in [3.8, 4) is 11.5 Å². The number of benzene rings is 3. The molecule has 1 aliphatic rings. The third-order valence-corrected chi connectivity index (χ3v) is 7.13. The number of nitrogens with one attached hydrogen (secondary N) is 1. The third-order valence-electron chi connectivity index (χ3n) is 6.04. The van der Waals surface area contributed by atoms with E-state index >= 15 is 0 Å². The van der Waals surface area contributed by atoms with Crippen molar-refractivity contribution >= 4 is 40.9 Å². The summed E-state index contributed by atoms with van der Waals surface area (Å²) < 4.78 is 16.0. The second kappa shape index (κ2) is 12.5. The van der Waals surface area contributed by atoms with Crippen LogP contribution in [0.1, 0.15) is 35.7 Å². The zero-order valence-corrected chi connectivity index (χ0v) is 23.1. The van der Waals surface area contributed by atoms with Gasteiger partial charge in [0.05, 0.1) is 37.8 Å². The molecular formula is C30H30N2O6S. The first-order chi connectivity index (χ1) is 18.9. The second-order valence-electron chi connectivity index (χ2n) is 8.79. The van der Waals surface area contributed by atoms with Crippen molar-refractivity contribution in [3.63, 3.8) is 0 Å². The highest BCUT2D eigenvalue weighted by Crippen LogP contribution is 2.39. The lowest BCUT2D eigenvalue weighted by Crippen LogP contribution is -2.32. The van der Waals surface area contributed by atoms with E-state index in [-0.39, 0.29) is 10.6 Å². The van der Waals surface area contributed by atoms with Crippen LogP contribution >= 0.6 is 11.8 Å². The molecule has 0 aromatic heterocycles. The number of aryl methyl sites for hydroxylation is 1. The predicted octanol–water partition coefficient (Wildman–Crippen LogP) is 5.96. The fourth-order valence-electron chi connectivity index (χ4n) is 3.85. The van der Waals surface area contributed by atoms with Crippen LogP contribution in [0.15, 0.2) is 82.2 Å². The number of anilines is 2. The number of ether oxygens (including phenoxy) is 3. The maximum absolute atomic E-state index is 13.7. The summed E-state index contributed by atoms with van der Waals surface area (Å²) in [5, 5.41) is 3.12. The number of methoxy groups -OCH3 is 2. The molecule has 3 aromatic rings. The summed E-state index contributed by atoms with van der Waals surface area (Å²) in [6.45, 7) is 4.33. The summed E-state index contributed by atoms with van der Waals surface area (Å²) in [4.78, 5) is 41.8. The summed E-state index contributed by atoms with van der Waals surface area (Å²) in [6.07, 6.45) is 1.70. The molecule has 1 aliphatic heterocycles. The van der Waals surface area contributed by atoms with Crippen molar-refractivity contribution < 1.29 is 28.6 Å². The molecule has 202 valence electrons. The van der Waals surface area contributed by atoms with Gasteiger partial charge in [0, 0.05) is 11.0 Å². The molecule has 0 bridgehead atoms. The van der Waals surface area contributed by atoms with Gasteiger partial charge in [-0.2, -0.15) is 0 Å². The summed E-state index contributed by atoms with van der Waals surface area (Å²) in [7, 11) is 3.06. The van der Waals surface area contributed by atoms with E-state index in [1.165, 1.54) is 18.9 Å². The first-order valence-corrected chi connectivity index (χ1v) is 13.3. The molecule has 0 unspecified atom stereocenters. The molecule has 2 amide bonds. The van der Waals surface area contributed by atoms with E-state index in [9.17, 15) is 14.4 Å². The van der Waals surface area contributed by atoms with Crippen LogP contribution < -0.4 is 19.7 Å². The molecule has 8 nitrogen and oxygen atoms in total. The summed E-state index contributed by atoms with van der Waals surface area (Å²) in [6, 6.07) is 19.1. The van der Waals surface area contributed by atoms with Crippen molar-refractivity contribution in [2.45, 2.75) is 31.6 Å². The molecule has 0 saturated heterocycles. The lowest BCUT2D eigenvalue weighted by Gasteiger charge is -2.16. The van der Waals surface area contributed by atoms with Gasteiger partial charge in [-0.25, -0.2) is 9.69 Å². The van der Waals surface area contributed by atoms with Crippen molar-refractivity contribution in [1.29, 1.82) is 0 Å². The molecule has 0 fully saturated rings. The minimum absolute atomic E-state index is 0.122. The number of thioether (sulfide) groups is 1. The zero-order chi connectivity index (χ0) is 27.9. The number of amides is 2. The number of unbranched alkanes of at least 4 members (excludes halogenated alkanes) is 1. The Kier molecular flexibility index (Phi) is 8.93. The van der Waals surface area contributed by atoms with Gasteiger partial charge in [-0.1, -0.05) is 42.8 Å². The molecule has 39 heavy (non-hydrogen) atoms. The number of carbonyl (C=O) groups is 3. The van der Waals surface area contributed by atoms with Gasteiger partial charge in [-0.05, 0) is 61.9 Å². The van der Waals surface area contributed by atoms with Crippen LogP contribution in [0.3, 0.4) is 0 Å². The standard InChI is InChI=1S/C30H30N2O6S/c1-5-6-17-38-30(35)20-9-11-21(12-10-20)32-28(33)26(31-24-16-13-22(36-3)18-25(24)37-4)27(29(32)34)39-23-14-7-19(2)8-15-23/h7-16,18,31H,5-6,17H2,1-4H3. The number of rotatable bonds is 11. The van der Waals surface area contributed by atoms with Gasteiger partial charge in [0.25, 0.3) is 11.8 Å². The molecule has 0 aliphatic carbocycles. The quantitative estimate of drug-likeness (QED) is 0.179. The minimum Gasteiger partial charge on any atom is -0.497 e. The maximum atomic E-state index is 13.7. The highest BCUT2D eigenvalue weighted by Gasteiger charge is 2.40. The Morgan fingerprint density at radius 3 is 2.28 bits per heavy atom. The molecule has 0 saturated carbocycles. The Hall–Kier alpha value is -4.24. The van der Waals surface area contributed by atoms with E-state index in [0.29, 0.717) is 35.0 Å². The lowest BCUT2D eigenvalue weighted by atomic mass is 10.2. The summed E-state index contributed by atoms with van der Waals surface area (Å²) in [5.41, 5.74) is 2.40. The van der Waals surface area contributed by atoms with E-state index in [4.69, 9.17) is 14.2 Å². The second-order valence-corrected chi connectivity index (χ2v) is 9.88. The molecule has 3 aromatic carbocycles. The van der Waals surface area contributed by atoms with E-state index in [0.717, 1.165) is 28.2 Å². The predicted molar refractivity (Wildman–Crippen MR) is 151 cm³/mol. The van der Waals surface area contributed by atoms with Crippen molar-refractivity contribution in [3.05, 3.63) is 88.5 Å². The number of hydrogen-bond acceptors (Lipinski definition) is 8. The van der Waals surface area contributed by atoms with Gasteiger partial charge < -0.3 is 19.5 Å². The average molecular weight is 547 g/mol. The first kappa shape index (κ1) is 27.8. The smallest absolute Gasteiger partial charge is 0.338 e. The van der Waals surface area contributed by atoms with Crippen LogP contribution in [0.2, 0.25) is 0 Å². The molecule has 1 heterocycles. The first-order valence-electron chi connectivity index (χ1n) is 12.5. The number of esters is 1. The van der Waals surface area contributed by atoms with Gasteiger partial charge in [0.2, 0.25) is 0 Å². The van der Waals surface area contributed by atoms with Crippen molar-refractivity contribution in [2.24, 2.45) is 0 Å². The fourth-order valence-corrected chi connectivity index (χ4v) is 4.78. The van der Waals surface area contributed by atoms with Gasteiger partial charge in [-0.3, -0.25) is 9.59 Å². The van der Waals surface area contributed by atoms with Crippen LogP contribution in [0.25, 0.3) is 0 Å². The van der Waals surface area contributed by atoms with E-state index < -0.39 is 17.8 Å². The molecule has 1 N–H and O–H groups in total. The summed E-state index contributed by atoms with van der Waals surface area (Å²) in [5.74, 6) is -0.406. The third kappa shape index (κ3) is 6.26. The molecule has 0 atom stereocenters. The maximum Gasteiger partial charge on any atom is 0.338 e. The number of hydrogen-bond donors (Lipinski definition) is 1. The number of carbonyl (C=O) groups excluding carboxylic acids is 3. The number of nitrogens with zero attached hydrogens (tertiary/aromatic N) is 1. The van der Waals surface area contributed by atoms with E-state index in [1.54, 1.807) is 49.6 Å². The fraction of sp³-hybridized carbons (Fsp3) is 0.233. The molecule has 0 spiro atoms. The van der Waals surface area contributed by atoms with Crippen molar-refractivity contribution in [2.75, 3.05) is 31.0 Å². The van der Waals surface area contributed by atoms with Gasteiger partial charge in [0.15, 0.2) is 0 Å². The van der Waals surface area contributed by atoms with Gasteiger partial charge in [0.1, 0.15) is 22.1 Å². The van der Waals surface area contributed by atoms with Crippen molar-refractivity contribution in [1.82, 2.24) is 0 Å². The molecular weight excluding hydrogens is 516 g/mol. The minimum atomic E-state index is -0.522. The Balaban J connectivity index is 1.66. The Labute approximate surface area is 231 Å². The molecule has 9 heteroatoms. The number of imide groups is 1. The lowest BCUT2D eigenvalue weighted by molar-refractivity contribution is -0.120. The molecule has 4 rings (SSSR count). The Bertz CT molecular complexity index is 1400. The van der Waals surface area contributed by atoms with Gasteiger partial charge >= 0.3 is 5.97 Å². The zero-order valence-electron chi connectivity index (χ0n) is 22.3. The highest BCUT2D eigenvalue weighted by molar-refractivity contribution is 8.04. The van der Waals surface area contributed by atoms with Gasteiger partial charge in [-0.15, -0.1) is 0 Å². The monoisotopic (exact) mass is 546 g/mol. The SMILES string of the molecule is CCCCOC(=O)c1ccc(N2C(=O)C(Nc3ccc(OC)cc3OC)=C(Sc3ccc(C)cc3)C2=O)cc1. The molecule has 0 radical (unpaired) electrons. The Morgan fingerprint density at radius 1 is 0.923 bits per heavy atom. The largest absolute Gasteiger partial charge is 0.497 e. The highest BCUT2D eigenvalue weighted by atomic mass is 32.2. The van der Waals surface area contributed by atoms with Crippen LogP contribution in [0.5, 0.6) is 11.5 Å². The van der Waals surface area contributed by atoms with Crippen LogP contribution in [0.4, 0.5) is 11.4 Å². The summed E-state index contributed by atoms with van der Waals surface area (Å²) >= 11 is 1.20. The van der Waals surface area contributed by atoms with E-state index in [1.807, 2.05) is 38.1 Å². The van der Waals surface area contributed by atoms with E-state index in [2.05, 4.69) is 5.32 Å².